The Bertz CT molecular complexity index is 257. The van der Waals surface area contributed by atoms with Crippen LogP contribution in [0.25, 0.3) is 0 Å². The largest absolute Gasteiger partial charge is 0.481 e. The number of thiophene rings is 1. The maximum atomic E-state index is 10.2. The minimum Gasteiger partial charge on any atom is -0.481 e. The monoisotopic (exact) mass is 189 g/mol. The van der Waals surface area contributed by atoms with Gasteiger partial charge < -0.3 is 5.11 Å². The fourth-order valence-corrected chi connectivity index (χ4v) is 1.57. The molecule has 0 aromatic carbocycles. The number of hydrogen-bond donors (Lipinski definition) is 1. The quantitative estimate of drug-likeness (QED) is 0.792. The lowest BCUT2D eigenvalue weighted by Gasteiger charge is -1.92. The Labute approximate surface area is 73.4 Å². The normalized spacial score (nSPS) is 9.91. The highest BCUT2D eigenvalue weighted by Crippen LogP contribution is 2.22. The summed E-state index contributed by atoms with van der Waals surface area (Å²) in [6.07, 6.45) is 0.623. The van der Waals surface area contributed by atoms with Crippen LogP contribution in [0, 0.1) is 5.38 Å². The van der Waals surface area contributed by atoms with E-state index in [2.05, 4.69) is 5.38 Å². The minimum absolute atomic E-state index is 0.129. The van der Waals surface area contributed by atoms with Gasteiger partial charge in [0.2, 0.25) is 0 Å². The molecule has 1 aromatic rings. The van der Waals surface area contributed by atoms with Crippen LogP contribution in [0.1, 0.15) is 12.0 Å². The molecule has 1 aromatic heterocycles. The summed E-state index contributed by atoms with van der Waals surface area (Å²) < 4.78 is 0.645. The summed E-state index contributed by atoms with van der Waals surface area (Å²) >= 11 is 7.02. The van der Waals surface area contributed by atoms with Crippen LogP contribution in [-0.4, -0.2) is 11.1 Å². The number of rotatable bonds is 3. The van der Waals surface area contributed by atoms with Gasteiger partial charge >= 0.3 is 5.97 Å². The molecule has 1 radical (unpaired) electrons. The third-order valence-electron chi connectivity index (χ3n) is 1.24. The van der Waals surface area contributed by atoms with Crippen LogP contribution < -0.4 is 0 Å². The van der Waals surface area contributed by atoms with Gasteiger partial charge in [-0.2, -0.15) is 0 Å². The summed E-state index contributed by atoms with van der Waals surface area (Å²) in [6.45, 7) is 0. The van der Waals surface area contributed by atoms with E-state index in [1.54, 1.807) is 6.07 Å². The fourth-order valence-electron chi connectivity index (χ4n) is 0.687. The van der Waals surface area contributed by atoms with Crippen LogP contribution in [-0.2, 0) is 11.2 Å². The van der Waals surface area contributed by atoms with E-state index in [1.165, 1.54) is 11.3 Å². The van der Waals surface area contributed by atoms with Crippen LogP contribution in [0.2, 0.25) is 4.34 Å². The average Bonchev–Trinajstić information content (AvgIpc) is 2.31. The summed E-state index contributed by atoms with van der Waals surface area (Å²) in [5, 5.41) is 11.2. The highest BCUT2D eigenvalue weighted by molar-refractivity contribution is 7.14. The van der Waals surface area contributed by atoms with Crippen LogP contribution in [0.5, 0.6) is 0 Å². The van der Waals surface area contributed by atoms with Crippen molar-refractivity contribution in [2.75, 3.05) is 0 Å². The molecule has 0 amide bonds. The van der Waals surface area contributed by atoms with Gasteiger partial charge in [-0.3, -0.25) is 4.79 Å². The van der Waals surface area contributed by atoms with E-state index >= 15 is 0 Å². The Morgan fingerprint density at radius 3 is 3.00 bits per heavy atom. The third kappa shape index (κ3) is 2.52. The molecule has 2 nitrogen and oxygen atoms in total. The Kier molecular flexibility index (Phi) is 2.91. The lowest BCUT2D eigenvalue weighted by molar-refractivity contribution is -0.136. The second-order valence-corrected chi connectivity index (χ2v) is 3.51. The molecule has 1 rings (SSSR count). The molecule has 1 heterocycles. The molecule has 4 heteroatoms. The smallest absolute Gasteiger partial charge is 0.303 e. The summed E-state index contributed by atoms with van der Waals surface area (Å²) in [6, 6.07) is 1.73. The molecule has 0 spiro atoms. The van der Waals surface area contributed by atoms with Gasteiger partial charge in [0.1, 0.15) is 0 Å². The van der Waals surface area contributed by atoms with Gasteiger partial charge in [-0.05, 0) is 18.1 Å². The van der Waals surface area contributed by atoms with Crippen LogP contribution in [0.4, 0.5) is 0 Å². The maximum absolute atomic E-state index is 10.2. The molecular weight excluding hydrogens is 184 g/mol. The molecule has 11 heavy (non-hydrogen) atoms. The first-order valence-electron chi connectivity index (χ1n) is 3.06. The van der Waals surface area contributed by atoms with E-state index < -0.39 is 5.97 Å². The average molecular weight is 190 g/mol. The lowest BCUT2D eigenvalue weighted by Crippen LogP contribution is -1.96. The van der Waals surface area contributed by atoms with Gasteiger partial charge in [0.15, 0.2) is 0 Å². The molecular formula is C7H6ClO2S. The summed E-state index contributed by atoms with van der Waals surface area (Å²) in [5.74, 6) is -0.799. The van der Waals surface area contributed by atoms with Crippen molar-refractivity contribution >= 4 is 28.9 Å². The number of hydrogen-bond acceptors (Lipinski definition) is 2. The van der Waals surface area contributed by atoms with Gasteiger partial charge in [-0.25, -0.2) is 0 Å². The van der Waals surface area contributed by atoms with Crippen molar-refractivity contribution in [2.45, 2.75) is 12.8 Å². The van der Waals surface area contributed by atoms with E-state index in [9.17, 15) is 4.79 Å². The fraction of sp³-hybridized carbons (Fsp3) is 0.286. The van der Waals surface area contributed by atoms with Crippen molar-refractivity contribution in [3.8, 4) is 0 Å². The van der Waals surface area contributed by atoms with Crippen LogP contribution in [0.15, 0.2) is 6.07 Å². The zero-order valence-corrected chi connectivity index (χ0v) is 7.21. The maximum Gasteiger partial charge on any atom is 0.303 e. The van der Waals surface area contributed by atoms with Crippen LogP contribution in [0.3, 0.4) is 0 Å². The van der Waals surface area contributed by atoms with Crippen molar-refractivity contribution in [1.82, 2.24) is 0 Å². The molecule has 0 atom stereocenters. The van der Waals surface area contributed by atoms with Gasteiger partial charge in [0, 0.05) is 11.8 Å². The standard InChI is InChI=1S/C7H6ClO2S/c8-7-5(3-4-11-7)1-2-6(9)10/h3H,1-2H2,(H,9,10). The van der Waals surface area contributed by atoms with Crippen molar-refractivity contribution in [3.05, 3.63) is 21.3 Å². The number of carboxylic acid groups (broad SMARTS) is 1. The lowest BCUT2D eigenvalue weighted by atomic mass is 10.2. The molecule has 59 valence electrons. The van der Waals surface area contributed by atoms with Crippen molar-refractivity contribution in [1.29, 1.82) is 0 Å². The van der Waals surface area contributed by atoms with Gasteiger partial charge in [-0.15, -0.1) is 11.3 Å². The van der Waals surface area contributed by atoms with Crippen molar-refractivity contribution in [3.63, 3.8) is 0 Å². The predicted octanol–water partition coefficient (Wildman–Crippen LogP) is 2.22. The summed E-state index contributed by atoms with van der Waals surface area (Å²) in [4.78, 5) is 10.2. The van der Waals surface area contributed by atoms with E-state index in [0.29, 0.717) is 10.8 Å². The number of aryl methyl sites for hydroxylation is 1. The summed E-state index contributed by atoms with van der Waals surface area (Å²) in [5.41, 5.74) is 0.874. The van der Waals surface area contributed by atoms with Gasteiger partial charge in [0.25, 0.3) is 0 Å². The SMILES string of the molecule is O=C(O)CCc1c[c]sc1Cl. The van der Waals surface area contributed by atoms with E-state index in [-0.39, 0.29) is 6.42 Å². The molecule has 0 aliphatic rings. The third-order valence-corrected chi connectivity index (χ3v) is 2.39. The second-order valence-electron chi connectivity index (χ2n) is 2.06. The van der Waals surface area contributed by atoms with E-state index in [1.807, 2.05) is 0 Å². The van der Waals surface area contributed by atoms with Gasteiger partial charge in [-0.1, -0.05) is 11.6 Å². The van der Waals surface area contributed by atoms with Crippen LogP contribution >= 0.6 is 22.9 Å². The van der Waals surface area contributed by atoms with Gasteiger partial charge in [0.05, 0.1) is 4.34 Å². The van der Waals surface area contributed by atoms with Crippen molar-refractivity contribution < 1.29 is 9.90 Å². The number of carboxylic acids is 1. The first kappa shape index (κ1) is 8.56. The number of aliphatic carboxylic acids is 1. The second kappa shape index (κ2) is 3.74. The molecule has 0 aliphatic carbocycles. The topological polar surface area (TPSA) is 37.3 Å². The Morgan fingerprint density at radius 2 is 2.55 bits per heavy atom. The van der Waals surface area contributed by atoms with E-state index in [0.717, 1.165) is 5.56 Å². The molecule has 0 saturated heterocycles. The molecule has 0 fully saturated rings. The Hall–Kier alpha value is -0.540. The Balaban J connectivity index is 2.51. The molecule has 0 unspecified atom stereocenters. The molecule has 0 aliphatic heterocycles. The molecule has 1 N–H and O–H groups in total. The molecule has 0 bridgehead atoms. The van der Waals surface area contributed by atoms with E-state index in [4.69, 9.17) is 16.7 Å². The minimum atomic E-state index is -0.799. The first-order valence-corrected chi connectivity index (χ1v) is 4.25. The number of carbonyl (C=O) groups is 1. The zero-order valence-electron chi connectivity index (χ0n) is 5.63. The Morgan fingerprint density at radius 1 is 1.82 bits per heavy atom. The highest BCUT2D eigenvalue weighted by Gasteiger charge is 2.03. The molecule has 0 saturated carbocycles. The predicted molar refractivity (Wildman–Crippen MR) is 44.1 cm³/mol. The van der Waals surface area contributed by atoms with Crippen molar-refractivity contribution in [2.24, 2.45) is 0 Å². The number of halogens is 1. The summed E-state index contributed by atoms with van der Waals surface area (Å²) in [7, 11) is 0. The first-order chi connectivity index (χ1) is 5.20. The zero-order chi connectivity index (χ0) is 8.27. The highest BCUT2D eigenvalue weighted by atomic mass is 35.5.